The fraction of sp³-hybridized carbons (Fsp3) is 0.364. The molecule has 0 aromatic heterocycles. The van der Waals surface area contributed by atoms with Crippen LogP contribution in [0.1, 0.15) is 32.3 Å². The molecule has 1 aromatic rings. The van der Waals surface area contributed by atoms with E-state index in [0.29, 0.717) is 0 Å². The molecular weight excluding hydrogens is 168 g/mol. The van der Waals surface area contributed by atoms with Crippen molar-refractivity contribution in [1.29, 1.82) is 0 Å². The third-order valence-electron chi connectivity index (χ3n) is 1.94. The third kappa shape index (κ3) is 2.53. The first-order valence-corrected chi connectivity index (χ1v) is 4.70. The van der Waals surface area contributed by atoms with Crippen molar-refractivity contribution in [3.05, 3.63) is 40.8 Å². The van der Waals surface area contributed by atoms with Gasteiger partial charge in [-0.15, -0.1) is 0 Å². The van der Waals surface area contributed by atoms with Crippen LogP contribution in [0.25, 0.3) is 0 Å². The van der Waals surface area contributed by atoms with E-state index in [1.807, 2.05) is 18.2 Å². The first-order valence-electron chi connectivity index (χ1n) is 4.32. The standard InChI is InChI=1S/C11H14Cl/c1-3-5-9(2)10-6-4-7-11(12)8-10/h4,6-8H,3,5H2,1-2H3. The number of hydrogen-bond donors (Lipinski definition) is 0. The van der Waals surface area contributed by atoms with Gasteiger partial charge in [-0.2, -0.15) is 0 Å². The Morgan fingerprint density at radius 3 is 2.75 bits per heavy atom. The second-order valence-corrected chi connectivity index (χ2v) is 3.48. The molecule has 0 unspecified atom stereocenters. The van der Waals surface area contributed by atoms with Gasteiger partial charge in [-0.1, -0.05) is 44.0 Å². The summed E-state index contributed by atoms with van der Waals surface area (Å²) in [6, 6.07) is 8.03. The lowest BCUT2D eigenvalue weighted by molar-refractivity contribution is 0.828. The SMILES string of the molecule is CCC[C](C)c1cccc(Cl)c1. The van der Waals surface area contributed by atoms with Crippen LogP contribution >= 0.6 is 11.6 Å². The Balaban J connectivity index is 2.73. The summed E-state index contributed by atoms with van der Waals surface area (Å²) in [7, 11) is 0. The molecule has 0 saturated carbocycles. The Labute approximate surface area is 79.6 Å². The van der Waals surface area contributed by atoms with Crippen molar-refractivity contribution < 1.29 is 0 Å². The van der Waals surface area contributed by atoms with Crippen LogP contribution in [0.4, 0.5) is 0 Å². The fourth-order valence-electron chi connectivity index (χ4n) is 1.27. The zero-order valence-corrected chi connectivity index (χ0v) is 8.36. The van der Waals surface area contributed by atoms with E-state index < -0.39 is 0 Å². The summed E-state index contributed by atoms with van der Waals surface area (Å²) < 4.78 is 0. The average Bonchev–Trinajstić information content (AvgIpc) is 2.05. The van der Waals surface area contributed by atoms with E-state index in [1.165, 1.54) is 17.9 Å². The molecule has 0 saturated heterocycles. The quantitative estimate of drug-likeness (QED) is 0.659. The predicted molar refractivity (Wildman–Crippen MR) is 54.4 cm³/mol. The molecule has 1 radical (unpaired) electrons. The smallest absolute Gasteiger partial charge is 0.0408 e. The van der Waals surface area contributed by atoms with E-state index in [4.69, 9.17) is 11.6 Å². The fourth-order valence-corrected chi connectivity index (χ4v) is 1.46. The molecule has 0 amide bonds. The largest absolute Gasteiger partial charge is 0.0843 e. The summed E-state index contributed by atoms with van der Waals surface area (Å²) in [5.74, 6) is 1.42. The highest BCUT2D eigenvalue weighted by Gasteiger charge is 2.04. The van der Waals surface area contributed by atoms with E-state index in [-0.39, 0.29) is 0 Å². The van der Waals surface area contributed by atoms with Crippen molar-refractivity contribution in [2.75, 3.05) is 0 Å². The van der Waals surface area contributed by atoms with Crippen LogP contribution in [0.5, 0.6) is 0 Å². The number of rotatable bonds is 3. The zero-order chi connectivity index (χ0) is 8.97. The number of benzene rings is 1. The van der Waals surface area contributed by atoms with Gasteiger partial charge in [0.1, 0.15) is 0 Å². The molecule has 12 heavy (non-hydrogen) atoms. The first kappa shape index (κ1) is 9.60. The van der Waals surface area contributed by atoms with Crippen LogP contribution in [0.3, 0.4) is 0 Å². The van der Waals surface area contributed by atoms with Crippen LogP contribution in [0.2, 0.25) is 5.02 Å². The van der Waals surface area contributed by atoms with Gasteiger partial charge in [-0.25, -0.2) is 0 Å². The molecule has 0 atom stereocenters. The molecule has 0 aliphatic heterocycles. The highest BCUT2D eigenvalue weighted by Crippen LogP contribution is 2.21. The minimum atomic E-state index is 0.822. The van der Waals surface area contributed by atoms with E-state index >= 15 is 0 Å². The Bertz CT molecular complexity index is 243. The zero-order valence-electron chi connectivity index (χ0n) is 7.60. The normalized spacial score (nSPS) is 10.7. The predicted octanol–water partition coefficient (Wildman–Crippen LogP) is 4.08. The summed E-state index contributed by atoms with van der Waals surface area (Å²) in [6.07, 6.45) is 2.35. The molecule has 0 heterocycles. The summed E-state index contributed by atoms with van der Waals surface area (Å²) in [6.45, 7) is 4.35. The van der Waals surface area contributed by atoms with E-state index in [1.54, 1.807) is 0 Å². The van der Waals surface area contributed by atoms with Crippen molar-refractivity contribution >= 4 is 11.6 Å². The maximum absolute atomic E-state index is 5.88. The van der Waals surface area contributed by atoms with Crippen LogP contribution < -0.4 is 0 Å². The second-order valence-electron chi connectivity index (χ2n) is 3.04. The molecule has 0 bridgehead atoms. The Morgan fingerprint density at radius 1 is 1.42 bits per heavy atom. The lowest BCUT2D eigenvalue weighted by atomic mass is 9.97. The third-order valence-corrected chi connectivity index (χ3v) is 2.18. The monoisotopic (exact) mass is 181 g/mol. The van der Waals surface area contributed by atoms with Crippen LogP contribution in [0.15, 0.2) is 24.3 Å². The minimum Gasteiger partial charge on any atom is -0.0843 e. The Kier molecular flexibility index (Phi) is 3.61. The summed E-state index contributed by atoms with van der Waals surface area (Å²) in [4.78, 5) is 0. The molecule has 1 rings (SSSR count). The molecule has 1 heteroatoms. The molecule has 0 nitrogen and oxygen atoms in total. The van der Waals surface area contributed by atoms with E-state index in [2.05, 4.69) is 19.9 Å². The summed E-state index contributed by atoms with van der Waals surface area (Å²) in [5.41, 5.74) is 1.27. The van der Waals surface area contributed by atoms with Gasteiger partial charge in [-0.3, -0.25) is 0 Å². The van der Waals surface area contributed by atoms with Crippen molar-refractivity contribution in [2.45, 2.75) is 26.7 Å². The topological polar surface area (TPSA) is 0 Å². The van der Waals surface area contributed by atoms with Crippen LogP contribution in [-0.2, 0) is 0 Å². The van der Waals surface area contributed by atoms with Crippen molar-refractivity contribution in [1.82, 2.24) is 0 Å². The second kappa shape index (κ2) is 4.51. The summed E-state index contributed by atoms with van der Waals surface area (Å²) in [5, 5.41) is 0.822. The van der Waals surface area contributed by atoms with Gasteiger partial charge in [0.15, 0.2) is 0 Å². The highest BCUT2D eigenvalue weighted by atomic mass is 35.5. The molecule has 65 valence electrons. The van der Waals surface area contributed by atoms with E-state index in [9.17, 15) is 0 Å². The molecular formula is C11H14Cl. The maximum atomic E-state index is 5.88. The molecule has 0 spiro atoms. The van der Waals surface area contributed by atoms with Crippen molar-refractivity contribution in [2.24, 2.45) is 0 Å². The Hall–Kier alpha value is -0.490. The van der Waals surface area contributed by atoms with Crippen LogP contribution in [-0.4, -0.2) is 0 Å². The number of halogens is 1. The van der Waals surface area contributed by atoms with Crippen LogP contribution in [0, 0.1) is 5.92 Å². The lowest BCUT2D eigenvalue weighted by Crippen LogP contribution is -1.92. The van der Waals surface area contributed by atoms with Gasteiger partial charge < -0.3 is 0 Å². The van der Waals surface area contributed by atoms with Gasteiger partial charge in [0.25, 0.3) is 0 Å². The van der Waals surface area contributed by atoms with Crippen molar-refractivity contribution in [3.63, 3.8) is 0 Å². The average molecular weight is 182 g/mol. The van der Waals surface area contributed by atoms with Gasteiger partial charge >= 0.3 is 0 Å². The lowest BCUT2D eigenvalue weighted by Gasteiger charge is -2.09. The van der Waals surface area contributed by atoms with E-state index in [0.717, 1.165) is 11.4 Å². The molecule has 0 aliphatic rings. The highest BCUT2D eigenvalue weighted by molar-refractivity contribution is 6.30. The molecule has 1 aromatic carbocycles. The molecule has 0 N–H and O–H groups in total. The maximum Gasteiger partial charge on any atom is 0.0408 e. The minimum absolute atomic E-state index is 0.822. The molecule has 0 aliphatic carbocycles. The van der Waals surface area contributed by atoms with Gasteiger partial charge in [0.05, 0.1) is 0 Å². The van der Waals surface area contributed by atoms with Crippen molar-refractivity contribution in [3.8, 4) is 0 Å². The number of hydrogen-bond acceptors (Lipinski definition) is 0. The van der Waals surface area contributed by atoms with Gasteiger partial charge in [0, 0.05) is 10.9 Å². The Morgan fingerprint density at radius 2 is 2.17 bits per heavy atom. The molecule has 0 fully saturated rings. The summed E-state index contributed by atoms with van der Waals surface area (Å²) >= 11 is 5.88. The van der Waals surface area contributed by atoms with Gasteiger partial charge in [0.2, 0.25) is 0 Å². The van der Waals surface area contributed by atoms with Gasteiger partial charge in [-0.05, 0) is 24.1 Å². The first-order chi connectivity index (χ1) is 5.74.